The van der Waals surface area contributed by atoms with Crippen LogP contribution in [0.15, 0.2) is 0 Å². The number of hydrogen-bond acceptors (Lipinski definition) is 1. The summed E-state index contributed by atoms with van der Waals surface area (Å²) < 4.78 is 0. The van der Waals surface area contributed by atoms with Gasteiger partial charge in [-0.2, -0.15) is 0 Å². The zero-order valence-electron chi connectivity index (χ0n) is 8.06. The largest absolute Gasteiger partial charge is 0.317 e. The van der Waals surface area contributed by atoms with Crippen molar-refractivity contribution in [3.63, 3.8) is 0 Å². The molecular formula is C10H21N. The van der Waals surface area contributed by atoms with Gasteiger partial charge in [-0.1, -0.05) is 26.7 Å². The molecule has 0 spiro atoms. The molecule has 1 heteroatoms. The molecule has 1 saturated carbocycles. The predicted molar refractivity (Wildman–Crippen MR) is 49.6 cm³/mol. The van der Waals surface area contributed by atoms with Gasteiger partial charge < -0.3 is 5.32 Å². The first-order chi connectivity index (χ1) is 5.27. The van der Waals surface area contributed by atoms with Gasteiger partial charge in [0.1, 0.15) is 0 Å². The van der Waals surface area contributed by atoms with Gasteiger partial charge in [-0.25, -0.2) is 0 Å². The molecule has 0 radical (unpaired) electrons. The monoisotopic (exact) mass is 155 g/mol. The van der Waals surface area contributed by atoms with E-state index in [-0.39, 0.29) is 0 Å². The Bertz CT molecular complexity index is 111. The van der Waals surface area contributed by atoms with Crippen molar-refractivity contribution in [1.29, 1.82) is 0 Å². The van der Waals surface area contributed by atoms with Crippen LogP contribution in [0.3, 0.4) is 0 Å². The molecule has 0 aliphatic heterocycles. The van der Waals surface area contributed by atoms with Crippen molar-refractivity contribution in [3.8, 4) is 0 Å². The van der Waals surface area contributed by atoms with Crippen molar-refractivity contribution < 1.29 is 0 Å². The Morgan fingerprint density at radius 3 is 2.64 bits per heavy atom. The van der Waals surface area contributed by atoms with E-state index in [1.54, 1.807) is 0 Å². The van der Waals surface area contributed by atoms with Crippen LogP contribution in [0.5, 0.6) is 0 Å². The van der Waals surface area contributed by atoms with Gasteiger partial charge in [0.2, 0.25) is 0 Å². The van der Waals surface area contributed by atoms with Gasteiger partial charge in [0.15, 0.2) is 0 Å². The van der Waals surface area contributed by atoms with Gasteiger partial charge in [0.25, 0.3) is 0 Å². The molecule has 0 aromatic heterocycles. The maximum absolute atomic E-state index is 3.44. The fourth-order valence-corrected chi connectivity index (χ4v) is 2.29. The number of nitrogens with one attached hydrogen (secondary N) is 1. The van der Waals surface area contributed by atoms with Crippen LogP contribution in [-0.4, -0.2) is 13.1 Å². The van der Waals surface area contributed by atoms with Crippen molar-refractivity contribution in [2.24, 2.45) is 11.8 Å². The van der Waals surface area contributed by atoms with Gasteiger partial charge in [0.05, 0.1) is 0 Å². The average Bonchev–Trinajstić information content (AvgIpc) is 2.04. The summed E-state index contributed by atoms with van der Waals surface area (Å²) in [6, 6.07) is 0.795. The summed E-state index contributed by atoms with van der Waals surface area (Å²) >= 11 is 0. The quantitative estimate of drug-likeness (QED) is 0.645. The first-order valence-electron chi connectivity index (χ1n) is 4.95. The highest BCUT2D eigenvalue weighted by atomic mass is 14.9. The standard InChI is InChI=1S/C10H21N/c1-4-9-6-5-8(2)7-10(9)11-3/h8-11H,4-7H2,1-3H3/t8-,9?,10?/m0/s1. The van der Waals surface area contributed by atoms with Crippen LogP contribution in [-0.2, 0) is 0 Å². The van der Waals surface area contributed by atoms with E-state index in [1.807, 2.05) is 0 Å². The van der Waals surface area contributed by atoms with E-state index < -0.39 is 0 Å². The van der Waals surface area contributed by atoms with Crippen LogP contribution in [0, 0.1) is 11.8 Å². The first-order valence-corrected chi connectivity index (χ1v) is 4.95. The zero-order chi connectivity index (χ0) is 8.27. The number of hydrogen-bond donors (Lipinski definition) is 1. The summed E-state index contributed by atoms with van der Waals surface area (Å²) in [5, 5.41) is 3.44. The van der Waals surface area contributed by atoms with Crippen molar-refractivity contribution in [3.05, 3.63) is 0 Å². The summed E-state index contributed by atoms with van der Waals surface area (Å²) in [6.07, 6.45) is 5.60. The van der Waals surface area contributed by atoms with E-state index in [4.69, 9.17) is 0 Å². The lowest BCUT2D eigenvalue weighted by atomic mass is 9.78. The van der Waals surface area contributed by atoms with E-state index in [0.717, 1.165) is 17.9 Å². The minimum atomic E-state index is 0.795. The molecule has 1 nitrogen and oxygen atoms in total. The lowest BCUT2D eigenvalue weighted by molar-refractivity contribution is 0.218. The van der Waals surface area contributed by atoms with Crippen LogP contribution in [0.1, 0.15) is 39.5 Å². The molecule has 0 aromatic rings. The molecule has 11 heavy (non-hydrogen) atoms. The van der Waals surface area contributed by atoms with Crippen molar-refractivity contribution in [1.82, 2.24) is 5.32 Å². The Balaban J connectivity index is 2.41. The molecule has 66 valence electrons. The Labute approximate surface area is 70.6 Å². The lowest BCUT2D eigenvalue weighted by Crippen LogP contribution is -2.38. The molecule has 1 N–H and O–H groups in total. The van der Waals surface area contributed by atoms with Crippen molar-refractivity contribution in [2.75, 3.05) is 7.05 Å². The lowest BCUT2D eigenvalue weighted by Gasteiger charge is -2.34. The van der Waals surface area contributed by atoms with Crippen molar-refractivity contribution in [2.45, 2.75) is 45.6 Å². The van der Waals surface area contributed by atoms with Gasteiger partial charge in [-0.05, 0) is 31.7 Å². The van der Waals surface area contributed by atoms with E-state index in [9.17, 15) is 0 Å². The third kappa shape index (κ3) is 2.19. The molecule has 0 heterocycles. The molecule has 1 rings (SSSR count). The van der Waals surface area contributed by atoms with Gasteiger partial charge in [0, 0.05) is 6.04 Å². The Hall–Kier alpha value is -0.0400. The predicted octanol–water partition coefficient (Wildman–Crippen LogP) is 2.42. The molecule has 0 aromatic carbocycles. The third-order valence-corrected chi connectivity index (χ3v) is 3.15. The van der Waals surface area contributed by atoms with E-state index in [0.29, 0.717) is 0 Å². The minimum Gasteiger partial charge on any atom is -0.317 e. The Kier molecular flexibility index (Phi) is 3.38. The fourth-order valence-electron chi connectivity index (χ4n) is 2.29. The van der Waals surface area contributed by atoms with Crippen LogP contribution < -0.4 is 5.32 Å². The summed E-state index contributed by atoms with van der Waals surface area (Å²) in [7, 11) is 2.10. The Morgan fingerprint density at radius 1 is 1.36 bits per heavy atom. The second-order valence-corrected chi connectivity index (χ2v) is 3.98. The van der Waals surface area contributed by atoms with Crippen LogP contribution in [0.2, 0.25) is 0 Å². The van der Waals surface area contributed by atoms with E-state index in [2.05, 4.69) is 26.2 Å². The molecule has 0 bridgehead atoms. The number of rotatable bonds is 2. The average molecular weight is 155 g/mol. The smallest absolute Gasteiger partial charge is 0.00947 e. The molecule has 0 saturated heterocycles. The van der Waals surface area contributed by atoms with Gasteiger partial charge >= 0.3 is 0 Å². The van der Waals surface area contributed by atoms with E-state index in [1.165, 1.54) is 25.7 Å². The maximum atomic E-state index is 3.44. The SMILES string of the molecule is CCC1CC[C@H](C)CC1NC. The second kappa shape index (κ2) is 4.10. The molecule has 3 atom stereocenters. The molecule has 1 aliphatic carbocycles. The molecule has 1 fully saturated rings. The molecular weight excluding hydrogens is 134 g/mol. The van der Waals surface area contributed by atoms with Crippen LogP contribution in [0.4, 0.5) is 0 Å². The zero-order valence-corrected chi connectivity index (χ0v) is 8.06. The summed E-state index contributed by atoms with van der Waals surface area (Å²) in [4.78, 5) is 0. The summed E-state index contributed by atoms with van der Waals surface area (Å²) in [5.74, 6) is 1.88. The molecule has 0 amide bonds. The van der Waals surface area contributed by atoms with E-state index >= 15 is 0 Å². The minimum absolute atomic E-state index is 0.795. The molecule has 2 unspecified atom stereocenters. The normalized spacial score (nSPS) is 39.0. The summed E-state index contributed by atoms with van der Waals surface area (Å²) in [6.45, 7) is 4.68. The van der Waals surface area contributed by atoms with Gasteiger partial charge in [-0.15, -0.1) is 0 Å². The first kappa shape index (κ1) is 9.05. The van der Waals surface area contributed by atoms with Crippen LogP contribution in [0.25, 0.3) is 0 Å². The van der Waals surface area contributed by atoms with Crippen LogP contribution >= 0.6 is 0 Å². The topological polar surface area (TPSA) is 12.0 Å². The highest BCUT2D eigenvalue weighted by Crippen LogP contribution is 2.30. The highest BCUT2D eigenvalue weighted by Gasteiger charge is 2.25. The highest BCUT2D eigenvalue weighted by molar-refractivity contribution is 4.81. The summed E-state index contributed by atoms with van der Waals surface area (Å²) in [5.41, 5.74) is 0. The van der Waals surface area contributed by atoms with Crippen molar-refractivity contribution >= 4 is 0 Å². The molecule has 1 aliphatic rings. The third-order valence-electron chi connectivity index (χ3n) is 3.15. The fraction of sp³-hybridized carbons (Fsp3) is 1.00. The Morgan fingerprint density at radius 2 is 2.09 bits per heavy atom. The van der Waals surface area contributed by atoms with Gasteiger partial charge in [-0.3, -0.25) is 0 Å². The maximum Gasteiger partial charge on any atom is 0.00947 e. The second-order valence-electron chi connectivity index (χ2n) is 3.98.